The number of carbonyl (C=O) groups excluding carboxylic acids is 3. The van der Waals surface area contributed by atoms with Gasteiger partial charge in [-0.3, -0.25) is 19.3 Å². The van der Waals surface area contributed by atoms with Gasteiger partial charge in [0.2, 0.25) is 11.8 Å². The van der Waals surface area contributed by atoms with Crippen molar-refractivity contribution in [3.05, 3.63) is 65.7 Å². The number of rotatable bonds is 6. The van der Waals surface area contributed by atoms with Crippen LogP contribution in [0, 0.1) is 5.41 Å². The molecule has 4 rings (SSSR count). The molecular weight excluding hydrogens is 470 g/mol. The quantitative estimate of drug-likeness (QED) is 0.646. The lowest BCUT2D eigenvalue weighted by atomic mass is 9.90. The molecule has 0 bridgehead atoms. The third-order valence-electron chi connectivity index (χ3n) is 7.01. The van der Waals surface area contributed by atoms with Crippen molar-refractivity contribution in [2.24, 2.45) is 5.41 Å². The van der Waals surface area contributed by atoms with Crippen LogP contribution >= 0.6 is 0 Å². The fourth-order valence-electron chi connectivity index (χ4n) is 5.01. The second-order valence-electron chi connectivity index (χ2n) is 11.0. The summed E-state index contributed by atoms with van der Waals surface area (Å²) >= 11 is 0. The normalized spacial score (nSPS) is 19.1. The molecule has 1 spiro atoms. The highest BCUT2D eigenvalue weighted by atomic mass is 16.5. The second kappa shape index (κ2) is 10.9. The highest BCUT2D eigenvalue weighted by Gasteiger charge is 2.54. The summed E-state index contributed by atoms with van der Waals surface area (Å²) in [5.74, 6) is 0.223. The van der Waals surface area contributed by atoms with Crippen LogP contribution in [0.3, 0.4) is 0 Å². The van der Waals surface area contributed by atoms with Gasteiger partial charge in [0.1, 0.15) is 17.5 Å². The largest absolute Gasteiger partial charge is 0.497 e. The van der Waals surface area contributed by atoms with Gasteiger partial charge < -0.3 is 19.7 Å². The van der Waals surface area contributed by atoms with Gasteiger partial charge in [0, 0.05) is 44.5 Å². The van der Waals surface area contributed by atoms with Crippen LogP contribution in [0.1, 0.15) is 56.0 Å². The Morgan fingerprint density at radius 2 is 1.68 bits per heavy atom. The second-order valence-corrected chi connectivity index (χ2v) is 11.0. The molecule has 8 heteroatoms. The first kappa shape index (κ1) is 26.7. The van der Waals surface area contributed by atoms with Gasteiger partial charge in [-0.2, -0.15) is 0 Å². The highest BCUT2D eigenvalue weighted by Crippen LogP contribution is 2.39. The number of carbonyl (C=O) groups is 3. The molecule has 1 N–H and O–H groups in total. The average molecular weight is 508 g/mol. The smallest absolute Gasteiger partial charge is 0.256 e. The van der Waals surface area contributed by atoms with Crippen molar-refractivity contribution in [2.75, 3.05) is 26.8 Å². The standard InChI is InChI=1S/C29H37N3O5/c1-28(2,3)18-25(33)31-16-14-29(15-17-31)32(27(35)22-10-12-23(36-4)13-11-22)24(20-37-29)26(34)30-19-21-8-6-5-7-9-21/h5-13,24H,14-20H2,1-4H3,(H,30,34)/t24-/m0/s1. The number of benzene rings is 2. The molecule has 8 nitrogen and oxygen atoms in total. The van der Waals surface area contributed by atoms with Crippen molar-refractivity contribution in [1.29, 1.82) is 0 Å². The first-order valence-corrected chi connectivity index (χ1v) is 12.8. The van der Waals surface area contributed by atoms with Crippen LogP contribution in [0.2, 0.25) is 0 Å². The fourth-order valence-corrected chi connectivity index (χ4v) is 5.01. The van der Waals surface area contributed by atoms with Gasteiger partial charge in [0.05, 0.1) is 13.7 Å². The number of methoxy groups -OCH3 is 1. The van der Waals surface area contributed by atoms with E-state index in [-0.39, 0.29) is 29.7 Å². The van der Waals surface area contributed by atoms with Crippen molar-refractivity contribution in [2.45, 2.75) is 58.3 Å². The van der Waals surface area contributed by atoms with E-state index in [1.165, 1.54) is 0 Å². The van der Waals surface area contributed by atoms with Crippen molar-refractivity contribution in [1.82, 2.24) is 15.1 Å². The molecule has 0 unspecified atom stereocenters. The highest BCUT2D eigenvalue weighted by molar-refractivity contribution is 5.98. The minimum Gasteiger partial charge on any atom is -0.497 e. The first-order valence-electron chi connectivity index (χ1n) is 12.8. The SMILES string of the molecule is COc1ccc(C(=O)N2[C@H](C(=O)NCc3ccccc3)COC23CCN(C(=O)CC(C)(C)C)CC3)cc1. The molecule has 2 aliphatic heterocycles. The lowest BCUT2D eigenvalue weighted by Crippen LogP contribution is -2.59. The van der Waals surface area contributed by atoms with E-state index in [1.807, 2.05) is 56.0 Å². The minimum atomic E-state index is -0.940. The topological polar surface area (TPSA) is 88.2 Å². The lowest BCUT2D eigenvalue weighted by molar-refractivity contribution is -0.145. The molecule has 2 aliphatic rings. The summed E-state index contributed by atoms with van der Waals surface area (Å²) in [5.41, 5.74) is 0.388. The number of nitrogens with one attached hydrogen (secondary N) is 1. The number of likely N-dealkylation sites (tertiary alicyclic amines) is 1. The Morgan fingerprint density at radius 1 is 1.03 bits per heavy atom. The molecule has 1 atom stereocenters. The van der Waals surface area contributed by atoms with E-state index in [0.717, 1.165) is 5.56 Å². The van der Waals surface area contributed by atoms with Gasteiger partial charge in [-0.1, -0.05) is 51.1 Å². The van der Waals surface area contributed by atoms with E-state index < -0.39 is 11.8 Å². The molecule has 2 aromatic rings. The van der Waals surface area contributed by atoms with Crippen molar-refractivity contribution in [3.63, 3.8) is 0 Å². The Labute approximate surface area is 218 Å². The number of hydrogen-bond donors (Lipinski definition) is 1. The molecule has 2 heterocycles. The fraction of sp³-hybridized carbons (Fsp3) is 0.483. The van der Waals surface area contributed by atoms with Crippen LogP contribution in [-0.4, -0.2) is 66.1 Å². The Bertz CT molecular complexity index is 1100. The van der Waals surface area contributed by atoms with Crippen LogP contribution < -0.4 is 10.1 Å². The van der Waals surface area contributed by atoms with Crippen LogP contribution in [0.15, 0.2) is 54.6 Å². The summed E-state index contributed by atoms with van der Waals surface area (Å²) in [4.78, 5) is 43.5. The molecule has 0 radical (unpaired) electrons. The maximum Gasteiger partial charge on any atom is 0.256 e. The zero-order chi connectivity index (χ0) is 26.6. The molecule has 0 saturated carbocycles. The van der Waals surface area contributed by atoms with Gasteiger partial charge in [-0.05, 0) is 35.2 Å². The van der Waals surface area contributed by atoms with Crippen molar-refractivity contribution < 1.29 is 23.9 Å². The third kappa shape index (κ3) is 6.13. The molecule has 2 fully saturated rings. The Balaban J connectivity index is 1.54. The van der Waals surface area contributed by atoms with E-state index in [1.54, 1.807) is 36.3 Å². The number of amides is 3. The molecule has 0 aromatic heterocycles. The summed E-state index contributed by atoms with van der Waals surface area (Å²) < 4.78 is 11.5. The monoisotopic (exact) mass is 507 g/mol. The van der Waals surface area contributed by atoms with Gasteiger partial charge in [0.25, 0.3) is 5.91 Å². The van der Waals surface area contributed by atoms with E-state index >= 15 is 0 Å². The predicted octanol–water partition coefficient (Wildman–Crippen LogP) is 3.61. The van der Waals surface area contributed by atoms with E-state index in [9.17, 15) is 14.4 Å². The van der Waals surface area contributed by atoms with Crippen LogP contribution in [0.4, 0.5) is 0 Å². The maximum atomic E-state index is 13.9. The van der Waals surface area contributed by atoms with Gasteiger partial charge >= 0.3 is 0 Å². The van der Waals surface area contributed by atoms with Crippen LogP contribution in [-0.2, 0) is 20.9 Å². The van der Waals surface area contributed by atoms with Gasteiger partial charge in [-0.25, -0.2) is 0 Å². The summed E-state index contributed by atoms with van der Waals surface area (Å²) in [6.07, 6.45) is 1.36. The molecule has 2 aromatic carbocycles. The Hall–Kier alpha value is -3.39. The first-order chi connectivity index (χ1) is 17.6. The van der Waals surface area contributed by atoms with Gasteiger partial charge in [-0.15, -0.1) is 0 Å². The lowest BCUT2D eigenvalue weighted by Gasteiger charge is -2.44. The molecule has 37 heavy (non-hydrogen) atoms. The van der Waals surface area contributed by atoms with Crippen molar-refractivity contribution in [3.8, 4) is 5.75 Å². The summed E-state index contributed by atoms with van der Waals surface area (Å²) in [7, 11) is 1.57. The maximum absolute atomic E-state index is 13.9. The zero-order valence-electron chi connectivity index (χ0n) is 22.2. The molecule has 0 aliphatic carbocycles. The number of hydrogen-bond acceptors (Lipinski definition) is 5. The summed E-state index contributed by atoms with van der Waals surface area (Å²) in [6, 6.07) is 15.7. The summed E-state index contributed by atoms with van der Waals surface area (Å²) in [5, 5.41) is 2.97. The minimum absolute atomic E-state index is 0.102. The molecule has 3 amide bonds. The van der Waals surface area contributed by atoms with Crippen LogP contribution in [0.5, 0.6) is 5.75 Å². The van der Waals surface area contributed by atoms with E-state index in [4.69, 9.17) is 9.47 Å². The Kier molecular flexibility index (Phi) is 7.87. The van der Waals surface area contributed by atoms with Gasteiger partial charge in [0.15, 0.2) is 0 Å². The van der Waals surface area contributed by atoms with E-state index in [0.29, 0.717) is 50.2 Å². The molecule has 2 saturated heterocycles. The average Bonchev–Trinajstić information content (AvgIpc) is 3.25. The van der Waals surface area contributed by atoms with Crippen LogP contribution in [0.25, 0.3) is 0 Å². The molecule has 198 valence electrons. The third-order valence-corrected chi connectivity index (χ3v) is 7.01. The number of ether oxygens (including phenoxy) is 2. The Morgan fingerprint density at radius 3 is 2.27 bits per heavy atom. The summed E-state index contributed by atoms with van der Waals surface area (Å²) in [6.45, 7) is 7.56. The molecular formula is C29H37N3O5. The van der Waals surface area contributed by atoms with Crippen molar-refractivity contribution >= 4 is 17.7 Å². The van der Waals surface area contributed by atoms with E-state index in [2.05, 4.69) is 5.32 Å². The predicted molar refractivity (Wildman–Crippen MR) is 140 cm³/mol. The number of nitrogens with zero attached hydrogens (tertiary/aromatic N) is 2. The zero-order valence-corrected chi connectivity index (χ0v) is 22.2. The number of piperidine rings is 1.